The molecule has 0 unspecified atom stereocenters. The third-order valence-corrected chi connectivity index (χ3v) is 6.88. The molecule has 2 N–H and O–H groups in total. The number of nitrogens with one attached hydrogen (secondary N) is 2. The van der Waals surface area contributed by atoms with Gasteiger partial charge in [0, 0.05) is 42.5 Å². The molecule has 9 nitrogen and oxygen atoms in total. The lowest BCUT2D eigenvalue weighted by molar-refractivity contribution is -0.139. The minimum atomic E-state index is -4.89. The van der Waals surface area contributed by atoms with Crippen LogP contribution < -0.4 is 24.8 Å². The van der Waals surface area contributed by atoms with E-state index in [1.165, 1.54) is 0 Å². The molecular weight excluding hydrogens is 584 g/mol. The zero-order valence-corrected chi connectivity index (χ0v) is 24.0. The zero-order valence-electron chi connectivity index (χ0n) is 24.0. The fourth-order valence-corrected chi connectivity index (χ4v) is 4.59. The van der Waals surface area contributed by atoms with E-state index in [1.807, 2.05) is 25.1 Å². The van der Waals surface area contributed by atoms with E-state index in [-0.39, 0.29) is 5.69 Å². The molecule has 0 spiro atoms. The third-order valence-electron chi connectivity index (χ3n) is 6.88. The van der Waals surface area contributed by atoms with Crippen LogP contribution in [0.2, 0.25) is 0 Å². The summed E-state index contributed by atoms with van der Waals surface area (Å²) in [7, 11) is 1.57. The van der Waals surface area contributed by atoms with Crippen LogP contribution in [0.15, 0.2) is 60.7 Å². The predicted molar refractivity (Wildman–Crippen MR) is 156 cm³/mol. The number of nitrogens with zero attached hydrogens (tertiary/aromatic N) is 2. The van der Waals surface area contributed by atoms with Crippen molar-refractivity contribution in [3.8, 4) is 23.0 Å². The van der Waals surface area contributed by atoms with Crippen LogP contribution in [0.4, 0.5) is 33.7 Å². The summed E-state index contributed by atoms with van der Waals surface area (Å²) in [5.41, 5.74) is 0.0279. The van der Waals surface area contributed by atoms with Gasteiger partial charge in [0.1, 0.15) is 23.9 Å². The molecule has 2 amide bonds. The van der Waals surface area contributed by atoms with Gasteiger partial charge in [-0.25, -0.2) is 14.2 Å². The number of aryl methyl sites for hydroxylation is 1. The Bertz CT molecular complexity index is 1630. The van der Waals surface area contributed by atoms with E-state index in [0.717, 1.165) is 44.3 Å². The molecule has 1 aliphatic heterocycles. The van der Waals surface area contributed by atoms with Crippen molar-refractivity contribution in [1.82, 2.24) is 9.88 Å². The Morgan fingerprint density at radius 1 is 0.955 bits per heavy atom. The molecule has 232 valence electrons. The van der Waals surface area contributed by atoms with Gasteiger partial charge >= 0.3 is 12.2 Å². The Morgan fingerprint density at radius 3 is 2.34 bits per heavy atom. The summed E-state index contributed by atoms with van der Waals surface area (Å²) in [6.45, 7) is 6.30. The number of benzene rings is 3. The molecule has 3 aromatic carbocycles. The smallest absolute Gasteiger partial charge is 0.419 e. The van der Waals surface area contributed by atoms with E-state index >= 15 is 0 Å². The lowest BCUT2D eigenvalue weighted by atomic mass is 10.1. The number of aromatic nitrogens is 1. The van der Waals surface area contributed by atoms with Crippen molar-refractivity contribution in [2.45, 2.75) is 13.1 Å². The number of pyridine rings is 1. The standard InChI is InChI=1S/C31H30F4N4O5/c1-19-27(15-20-16-28(41-2)29(18-26(20)36-19)43-14-11-39-9-12-42-13-10-39)44-23-6-3-21(4-7-23)37-30(40)38-22-5-8-25(32)24(17-22)31(33,34)35/h3-8,15-18H,9-14H2,1-2H3,(H2,37,38,40). The Kier molecular flexibility index (Phi) is 9.35. The number of amides is 2. The topological polar surface area (TPSA) is 94.2 Å². The Balaban J connectivity index is 1.22. The highest BCUT2D eigenvalue weighted by molar-refractivity contribution is 5.99. The second-order valence-corrected chi connectivity index (χ2v) is 9.97. The number of hydrogen-bond acceptors (Lipinski definition) is 7. The molecule has 0 atom stereocenters. The van der Waals surface area contributed by atoms with E-state index in [2.05, 4.69) is 20.5 Å². The van der Waals surface area contributed by atoms with Crippen molar-refractivity contribution < 1.29 is 41.3 Å². The number of hydrogen-bond donors (Lipinski definition) is 2. The maximum absolute atomic E-state index is 13.5. The molecule has 0 saturated carbocycles. The number of alkyl halides is 3. The van der Waals surface area contributed by atoms with Crippen LogP contribution in [0, 0.1) is 12.7 Å². The molecule has 0 aliphatic carbocycles. The summed E-state index contributed by atoms with van der Waals surface area (Å²) < 4.78 is 75.4. The van der Waals surface area contributed by atoms with E-state index in [4.69, 9.17) is 18.9 Å². The lowest BCUT2D eigenvalue weighted by Crippen LogP contribution is -2.38. The molecule has 1 fully saturated rings. The summed E-state index contributed by atoms with van der Waals surface area (Å²) in [5.74, 6) is 0.713. The van der Waals surface area contributed by atoms with Crippen molar-refractivity contribution in [3.63, 3.8) is 0 Å². The van der Waals surface area contributed by atoms with Crippen LogP contribution in [0.1, 0.15) is 11.3 Å². The summed E-state index contributed by atoms with van der Waals surface area (Å²) in [4.78, 5) is 19.3. The Morgan fingerprint density at radius 2 is 1.64 bits per heavy atom. The van der Waals surface area contributed by atoms with Gasteiger partial charge in [0.25, 0.3) is 0 Å². The number of urea groups is 1. The average molecular weight is 615 g/mol. The number of fused-ring (bicyclic) bond motifs is 1. The first-order valence-electron chi connectivity index (χ1n) is 13.7. The number of carbonyl (C=O) groups excluding carboxylic acids is 1. The van der Waals surface area contributed by atoms with Crippen molar-refractivity contribution in [1.29, 1.82) is 0 Å². The molecule has 1 aromatic heterocycles. The number of carbonyl (C=O) groups is 1. The second-order valence-electron chi connectivity index (χ2n) is 9.97. The number of morpholine rings is 1. The van der Waals surface area contributed by atoms with Gasteiger partial charge in [0.05, 0.1) is 37.1 Å². The van der Waals surface area contributed by atoms with Crippen molar-refractivity contribution >= 4 is 28.3 Å². The van der Waals surface area contributed by atoms with Crippen molar-refractivity contribution in [3.05, 3.63) is 77.7 Å². The summed E-state index contributed by atoms with van der Waals surface area (Å²) in [6, 6.07) is 13.3. The highest BCUT2D eigenvalue weighted by Crippen LogP contribution is 2.36. The predicted octanol–water partition coefficient (Wildman–Crippen LogP) is 6.86. The van der Waals surface area contributed by atoms with Gasteiger partial charge in [-0.2, -0.15) is 13.2 Å². The van der Waals surface area contributed by atoms with Crippen molar-refractivity contribution in [2.24, 2.45) is 0 Å². The molecule has 2 heterocycles. The van der Waals surface area contributed by atoms with E-state index < -0.39 is 23.6 Å². The number of halogens is 4. The van der Waals surface area contributed by atoms with Gasteiger partial charge in [-0.15, -0.1) is 0 Å². The maximum atomic E-state index is 13.5. The minimum absolute atomic E-state index is 0.209. The van der Waals surface area contributed by atoms with Crippen LogP contribution in [-0.4, -0.2) is 62.5 Å². The summed E-state index contributed by atoms with van der Waals surface area (Å²) in [5, 5.41) is 5.56. The van der Waals surface area contributed by atoms with Gasteiger partial charge in [0.15, 0.2) is 11.5 Å². The maximum Gasteiger partial charge on any atom is 0.419 e. The van der Waals surface area contributed by atoms with Crippen LogP contribution in [-0.2, 0) is 10.9 Å². The quantitative estimate of drug-likeness (QED) is 0.199. The van der Waals surface area contributed by atoms with Crippen LogP contribution in [0.3, 0.4) is 0 Å². The van der Waals surface area contributed by atoms with Gasteiger partial charge in [-0.1, -0.05) is 0 Å². The molecule has 4 aromatic rings. The number of ether oxygens (including phenoxy) is 4. The molecule has 44 heavy (non-hydrogen) atoms. The van der Waals surface area contributed by atoms with Crippen molar-refractivity contribution in [2.75, 3.05) is 57.2 Å². The first kappa shape index (κ1) is 30.8. The highest BCUT2D eigenvalue weighted by Gasteiger charge is 2.34. The molecule has 13 heteroatoms. The first-order valence-corrected chi connectivity index (χ1v) is 13.7. The van der Waals surface area contributed by atoms with Gasteiger partial charge in [-0.3, -0.25) is 4.90 Å². The molecular formula is C31H30F4N4O5. The molecule has 0 radical (unpaired) electrons. The van der Waals surface area contributed by atoms with Crippen LogP contribution in [0.25, 0.3) is 10.9 Å². The van der Waals surface area contributed by atoms with Gasteiger partial charge in [-0.05, 0) is 61.5 Å². The molecule has 5 rings (SSSR count). The van der Waals surface area contributed by atoms with Gasteiger partial charge in [0.2, 0.25) is 0 Å². The fourth-order valence-electron chi connectivity index (χ4n) is 4.59. The summed E-state index contributed by atoms with van der Waals surface area (Å²) in [6.07, 6.45) is -4.89. The third kappa shape index (κ3) is 7.66. The Hall–Kier alpha value is -4.62. The fraction of sp³-hybridized carbons (Fsp3) is 0.290. The van der Waals surface area contributed by atoms with Gasteiger partial charge < -0.3 is 29.6 Å². The molecule has 1 saturated heterocycles. The number of rotatable bonds is 9. The monoisotopic (exact) mass is 614 g/mol. The lowest BCUT2D eigenvalue weighted by Gasteiger charge is -2.26. The SMILES string of the molecule is COc1cc2cc(Oc3ccc(NC(=O)Nc4ccc(F)c(C(F)(F)F)c4)cc3)c(C)nc2cc1OCCN1CCOCC1. The molecule has 0 bridgehead atoms. The number of methoxy groups -OCH3 is 1. The normalized spacial score (nSPS) is 13.9. The molecule has 1 aliphatic rings. The van der Waals surface area contributed by atoms with Crippen LogP contribution in [0.5, 0.6) is 23.0 Å². The average Bonchev–Trinajstić information content (AvgIpc) is 2.99. The van der Waals surface area contributed by atoms with E-state index in [9.17, 15) is 22.4 Å². The van der Waals surface area contributed by atoms with E-state index in [1.54, 1.807) is 31.4 Å². The zero-order chi connectivity index (χ0) is 31.3. The number of anilines is 2. The summed E-state index contributed by atoms with van der Waals surface area (Å²) >= 11 is 0. The first-order chi connectivity index (χ1) is 21.1. The largest absolute Gasteiger partial charge is 0.493 e. The Labute approximate surface area is 250 Å². The highest BCUT2D eigenvalue weighted by atomic mass is 19.4. The second kappa shape index (κ2) is 13.3. The van der Waals surface area contributed by atoms with Crippen LogP contribution >= 0.6 is 0 Å². The minimum Gasteiger partial charge on any atom is -0.493 e. The van der Waals surface area contributed by atoms with E-state index in [0.29, 0.717) is 58.6 Å².